The van der Waals surface area contributed by atoms with Crippen molar-refractivity contribution in [3.8, 4) is 0 Å². The smallest absolute Gasteiger partial charge is 0.0900 e. The normalized spacial score (nSPS) is 23.0. The number of aromatic nitrogens is 1. The number of nitrogens with zero attached hydrogens (tertiary/aromatic N) is 1. The molecule has 0 unspecified atom stereocenters. The van der Waals surface area contributed by atoms with Crippen molar-refractivity contribution < 1.29 is 4.74 Å². The fraction of sp³-hybridized carbons (Fsp3) is 0.667. The molecule has 19 heavy (non-hydrogen) atoms. The molecule has 0 fully saturated rings. The summed E-state index contributed by atoms with van der Waals surface area (Å²) in [4.78, 5) is 6.14. The molecule has 1 aliphatic heterocycles. The molecule has 1 atom stereocenters. The lowest BCUT2D eigenvalue weighted by Gasteiger charge is -2.23. The molecule has 1 N–H and O–H groups in total. The topological polar surface area (TPSA) is 34.2 Å². The van der Waals surface area contributed by atoms with Gasteiger partial charge in [-0.2, -0.15) is 0 Å². The monoisotopic (exact) mass is 278 g/mol. The van der Waals surface area contributed by atoms with Crippen LogP contribution in [0.5, 0.6) is 0 Å². The Morgan fingerprint density at radius 2 is 2.42 bits per heavy atom. The number of fused-ring (bicyclic) bond motifs is 1. The van der Waals surface area contributed by atoms with Crippen LogP contribution in [0.2, 0.25) is 0 Å². The van der Waals surface area contributed by atoms with Crippen LogP contribution in [-0.2, 0) is 11.2 Å². The summed E-state index contributed by atoms with van der Waals surface area (Å²) in [7, 11) is 0. The molecule has 2 aliphatic rings. The quantitative estimate of drug-likeness (QED) is 0.859. The Morgan fingerprint density at radius 1 is 1.47 bits per heavy atom. The molecule has 0 amide bonds. The van der Waals surface area contributed by atoms with Crippen molar-refractivity contribution >= 4 is 11.3 Å². The lowest BCUT2D eigenvalue weighted by atomic mass is 9.97. The molecular formula is C15H22N2OS. The Morgan fingerprint density at radius 3 is 3.26 bits per heavy atom. The second-order valence-corrected chi connectivity index (χ2v) is 6.61. The molecule has 4 heteroatoms. The van der Waals surface area contributed by atoms with Gasteiger partial charge in [0.2, 0.25) is 0 Å². The molecule has 3 rings (SSSR count). The van der Waals surface area contributed by atoms with Crippen LogP contribution in [0, 0.1) is 6.92 Å². The molecule has 1 aromatic rings. The summed E-state index contributed by atoms with van der Waals surface area (Å²) in [6.07, 6.45) is 8.21. The second-order valence-electron chi connectivity index (χ2n) is 5.38. The third kappa shape index (κ3) is 3.25. The summed E-state index contributed by atoms with van der Waals surface area (Å²) in [6.45, 7) is 4.89. The predicted octanol–water partition coefficient (Wildman–Crippen LogP) is 3.16. The summed E-state index contributed by atoms with van der Waals surface area (Å²) >= 11 is 1.88. The van der Waals surface area contributed by atoms with Crippen molar-refractivity contribution in [1.82, 2.24) is 10.3 Å². The average Bonchev–Trinajstić information content (AvgIpc) is 2.81. The molecule has 104 valence electrons. The SMILES string of the molecule is Cc1nc2c(s1)[C@@H](NCCC1=CCOCC1)CCC2. The Balaban J connectivity index is 1.54. The van der Waals surface area contributed by atoms with Crippen LogP contribution >= 0.6 is 11.3 Å². The lowest BCUT2D eigenvalue weighted by molar-refractivity contribution is 0.153. The average molecular weight is 278 g/mol. The number of hydrogen-bond donors (Lipinski definition) is 1. The molecular weight excluding hydrogens is 256 g/mol. The van der Waals surface area contributed by atoms with E-state index in [4.69, 9.17) is 4.74 Å². The van der Waals surface area contributed by atoms with Crippen molar-refractivity contribution in [1.29, 1.82) is 0 Å². The fourth-order valence-electron chi connectivity index (χ4n) is 2.94. The molecule has 1 aromatic heterocycles. The summed E-state index contributed by atoms with van der Waals surface area (Å²) < 4.78 is 5.34. The van der Waals surface area contributed by atoms with Crippen LogP contribution in [0.25, 0.3) is 0 Å². The maximum Gasteiger partial charge on any atom is 0.0900 e. The van der Waals surface area contributed by atoms with Crippen LogP contribution in [0.3, 0.4) is 0 Å². The standard InChI is InChI=1S/C15H22N2OS/c1-11-17-14-4-2-3-13(15(14)19-11)16-8-5-12-6-9-18-10-7-12/h6,13,16H,2-5,7-10H2,1H3/t13-/m0/s1. The molecule has 0 saturated heterocycles. The first kappa shape index (κ1) is 13.3. The predicted molar refractivity (Wildman–Crippen MR) is 78.7 cm³/mol. The Kier molecular flexibility index (Phi) is 4.31. The molecule has 0 spiro atoms. The van der Waals surface area contributed by atoms with Gasteiger partial charge in [-0.15, -0.1) is 11.3 Å². The van der Waals surface area contributed by atoms with Crippen molar-refractivity contribution in [2.24, 2.45) is 0 Å². The molecule has 0 bridgehead atoms. The van der Waals surface area contributed by atoms with E-state index in [-0.39, 0.29) is 0 Å². The van der Waals surface area contributed by atoms with E-state index >= 15 is 0 Å². The highest BCUT2D eigenvalue weighted by Crippen LogP contribution is 2.33. The Labute approximate surface area is 119 Å². The molecule has 2 heterocycles. The van der Waals surface area contributed by atoms with Gasteiger partial charge in [-0.25, -0.2) is 4.98 Å². The first-order valence-corrected chi connectivity index (χ1v) is 8.10. The summed E-state index contributed by atoms with van der Waals surface area (Å²) in [5.41, 5.74) is 2.90. The van der Waals surface area contributed by atoms with Crippen molar-refractivity contribution in [2.45, 2.75) is 45.1 Å². The highest BCUT2D eigenvalue weighted by atomic mass is 32.1. The zero-order valence-corrected chi connectivity index (χ0v) is 12.4. The van der Waals surface area contributed by atoms with Gasteiger partial charge >= 0.3 is 0 Å². The number of thiazole rings is 1. The molecule has 0 saturated carbocycles. The summed E-state index contributed by atoms with van der Waals surface area (Å²) in [5.74, 6) is 0. The van der Waals surface area contributed by atoms with Crippen LogP contribution < -0.4 is 5.32 Å². The summed E-state index contributed by atoms with van der Waals surface area (Å²) in [5, 5.41) is 4.94. The van der Waals surface area contributed by atoms with Crippen LogP contribution in [0.15, 0.2) is 11.6 Å². The van der Waals surface area contributed by atoms with E-state index < -0.39 is 0 Å². The zero-order valence-electron chi connectivity index (χ0n) is 11.6. The van der Waals surface area contributed by atoms with Gasteiger partial charge in [0.1, 0.15) is 0 Å². The van der Waals surface area contributed by atoms with Crippen LogP contribution in [0.1, 0.15) is 47.3 Å². The van der Waals surface area contributed by atoms with E-state index in [1.165, 1.54) is 34.8 Å². The van der Waals surface area contributed by atoms with E-state index in [1.54, 1.807) is 5.57 Å². The van der Waals surface area contributed by atoms with Crippen molar-refractivity contribution in [2.75, 3.05) is 19.8 Å². The minimum absolute atomic E-state index is 0.537. The molecule has 0 aromatic carbocycles. The van der Waals surface area contributed by atoms with E-state index in [0.717, 1.165) is 32.6 Å². The van der Waals surface area contributed by atoms with E-state index in [1.807, 2.05) is 11.3 Å². The first-order chi connectivity index (χ1) is 9.33. The number of aryl methyl sites for hydroxylation is 2. The van der Waals surface area contributed by atoms with Crippen LogP contribution in [0.4, 0.5) is 0 Å². The third-order valence-electron chi connectivity index (χ3n) is 3.95. The maximum absolute atomic E-state index is 5.34. The van der Waals surface area contributed by atoms with Crippen LogP contribution in [-0.4, -0.2) is 24.7 Å². The van der Waals surface area contributed by atoms with E-state index in [9.17, 15) is 0 Å². The highest BCUT2D eigenvalue weighted by Gasteiger charge is 2.23. The minimum Gasteiger partial charge on any atom is -0.377 e. The molecule has 0 radical (unpaired) electrons. The van der Waals surface area contributed by atoms with Crippen molar-refractivity contribution in [3.63, 3.8) is 0 Å². The lowest BCUT2D eigenvalue weighted by Crippen LogP contribution is -2.25. The Hall–Kier alpha value is -0.710. The minimum atomic E-state index is 0.537. The fourth-order valence-corrected chi connectivity index (χ4v) is 4.02. The number of ether oxygens (including phenoxy) is 1. The zero-order chi connectivity index (χ0) is 13.1. The van der Waals surface area contributed by atoms with Gasteiger partial charge in [0.15, 0.2) is 0 Å². The largest absolute Gasteiger partial charge is 0.377 e. The van der Waals surface area contributed by atoms with Gasteiger partial charge in [0.25, 0.3) is 0 Å². The van der Waals surface area contributed by atoms with E-state index in [2.05, 4.69) is 23.3 Å². The van der Waals surface area contributed by atoms with Gasteiger partial charge in [-0.3, -0.25) is 0 Å². The summed E-state index contributed by atoms with van der Waals surface area (Å²) in [6, 6.07) is 0.537. The van der Waals surface area contributed by atoms with Gasteiger partial charge in [-0.05, 0) is 45.6 Å². The number of nitrogens with one attached hydrogen (secondary N) is 1. The number of hydrogen-bond acceptors (Lipinski definition) is 4. The van der Waals surface area contributed by atoms with E-state index in [0.29, 0.717) is 6.04 Å². The van der Waals surface area contributed by atoms with Gasteiger partial charge in [0.05, 0.1) is 23.9 Å². The molecule has 1 aliphatic carbocycles. The van der Waals surface area contributed by atoms with Gasteiger partial charge in [-0.1, -0.05) is 11.6 Å². The third-order valence-corrected chi connectivity index (χ3v) is 5.08. The van der Waals surface area contributed by atoms with Crippen molar-refractivity contribution in [3.05, 3.63) is 27.2 Å². The molecule has 3 nitrogen and oxygen atoms in total. The maximum atomic E-state index is 5.34. The van der Waals surface area contributed by atoms with Gasteiger partial charge in [0, 0.05) is 10.9 Å². The number of rotatable bonds is 4. The Bertz CT molecular complexity index is 467. The second kappa shape index (κ2) is 6.16. The first-order valence-electron chi connectivity index (χ1n) is 7.28. The highest BCUT2D eigenvalue weighted by molar-refractivity contribution is 7.11. The van der Waals surface area contributed by atoms with Gasteiger partial charge < -0.3 is 10.1 Å².